The first kappa shape index (κ1) is 24.1. The van der Waals surface area contributed by atoms with Gasteiger partial charge in [-0.15, -0.1) is 0 Å². The first-order valence-electron chi connectivity index (χ1n) is 11.8. The third-order valence-corrected chi connectivity index (χ3v) is 5.67. The van der Waals surface area contributed by atoms with Gasteiger partial charge in [-0.05, 0) is 30.5 Å². The van der Waals surface area contributed by atoms with E-state index in [1.54, 1.807) is 0 Å². The number of hydrogen-bond acceptors (Lipinski definition) is 1. The van der Waals surface area contributed by atoms with E-state index in [-0.39, 0.29) is 0 Å². The monoisotopic (exact) mass is 372 g/mol. The molecular weight excluding hydrogens is 326 g/mol. The molecule has 1 radical (unpaired) electrons. The summed E-state index contributed by atoms with van der Waals surface area (Å²) in [6.45, 7) is 3.91. The van der Waals surface area contributed by atoms with E-state index in [0.29, 0.717) is 0 Å². The predicted octanol–water partition coefficient (Wildman–Crippen LogP) is 8.37. The van der Waals surface area contributed by atoms with Crippen molar-refractivity contribution < 1.29 is 0 Å². The van der Waals surface area contributed by atoms with Gasteiger partial charge in [-0.3, -0.25) is 0 Å². The lowest BCUT2D eigenvalue weighted by molar-refractivity contribution is 0.530. The van der Waals surface area contributed by atoms with Crippen molar-refractivity contribution in [3.05, 3.63) is 36.8 Å². The summed E-state index contributed by atoms with van der Waals surface area (Å²) in [4.78, 5) is 2.16. The average Bonchev–Trinajstić information content (AvgIpc) is 2.68. The molecule has 0 bridgehead atoms. The second-order valence-corrected chi connectivity index (χ2v) is 8.47. The SMILES string of the molecule is [CH2]CCCCCCCCCCCCCCCCCc1ccc(N(C)C)cc1. The van der Waals surface area contributed by atoms with Gasteiger partial charge in [0.15, 0.2) is 0 Å². The first-order valence-corrected chi connectivity index (χ1v) is 11.8. The van der Waals surface area contributed by atoms with E-state index in [0.717, 1.165) is 6.42 Å². The van der Waals surface area contributed by atoms with Crippen molar-refractivity contribution in [1.82, 2.24) is 0 Å². The minimum Gasteiger partial charge on any atom is -0.378 e. The van der Waals surface area contributed by atoms with Crippen LogP contribution in [0, 0.1) is 6.92 Å². The van der Waals surface area contributed by atoms with Crippen LogP contribution in [0.1, 0.15) is 108 Å². The van der Waals surface area contributed by atoms with Crippen molar-refractivity contribution >= 4 is 5.69 Å². The van der Waals surface area contributed by atoms with Gasteiger partial charge in [0, 0.05) is 19.8 Å². The molecule has 155 valence electrons. The summed E-state index contributed by atoms with van der Waals surface area (Å²) >= 11 is 0. The molecule has 0 spiro atoms. The van der Waals surface area contributed by atoms with Crippen molar-refractivity contribution in [2.24, 2.45) is 0 Å². The van der Waals surface area contributed by atoms with Gasteiger partial charge in [0.1, 0.15) is 0 Å². The first-order chi connectivity index (χ1) is 13.2. The van der Waals surface area contributed by atoms with Crippen LogP contribution in [0.3, 0.4) is 0 Å². The Bertz CT molecular complexity index is 420. The molecular formula is C26H46N. The van der Waals surface area contributed by atoms with Crippen LogP contribution >= 0.6 is 0 Å². The third kappa shape index (κ3) is 13.8. The van der Waals surface area contributed by atoms with Crippen LogP contribution in [-0.4, -0.2) is 14.1 Å². The molecule has 0 saturated carbocycles. The molecule has 0 aliphatic carbocycles. The summed E-state index contributed by atoms with van der Waals surface area (Å²) in [6, 6.07) is 9.05. The Morgan fingerprint density at radius 2 is 0.926 bits per heavy atom. The van der Waals surface area contributed by atoms with E-state index in [1.165, 1.54) is 114 Å². The fourth-order valence-electron chi connectivity index (χ4n) is 3.76. The summed E-state index contributed by atoms with van der Waals surface area (Å²) in [7, 11) is 4.20. The molecule has 0 unspecified atom stereocenters. The number of aryl methyl sites for hydroxylation is 1. The number of anilines is 1. The summed E-state index contributed by atoms with van der Waals surface area (Å²) in [5.41, 5.74) is 2.78. The van der Waals surface area contributed by atoms with Gasteiger partial charge >= 0.3 is 0 Å². The molecule has 0 aliphatic rings. The van der Waals surface area contributed by atoms with Gasteiger partial charge in [-0.1, -0.05) is 115 Å². The Hall–Kier alpha value is -0.980. The predicted molar refractivity (Wildman–Crippen MR) is 124 cm³/mol. The molecule has 0 aliphatic heterocycles. The molecule has 27 heavy (non-hydrogen) atoms. The number of benzene rings is 1. The molecule has 0 heterocycles. The van der Waals surface area contributed by atoms with Crippen molar-refractivity contribution in [3.8, 4) is 0 Å². The second kappa shape index (κ2) is 17.1. The molecule has 0 amide bonds. The topological polar surface area (TPSA) is 3.24 Å². The number of unbranched alkanes of at least 4 members (excludes halogenated alkanes) is 15. The quantitative estimate of drug-likeness (QED) is 0.234. The smallest absolute Gasteiger partial charge is 0.0361 e. The van der Waals surface area contributed by atoms with Gasteiger partial charge in [0.05, 0.1) is 0 Å². The number of rotatable bonds is 18. The van der Waals surface area contributed by atoms with E-state index >= 15 is 0 Å². The zero-order valence-electron chi connectivity index (χ0n) is 18.5. The summed E-state index contributed by atoms with van der Waals surface area (Å²) in [6.07, 6.45) is 23.7. The number of nitrogens with zero attached hydrogens (tertiary/aromatic N) is 1. The minimum atomic E-state index is 1.12. The molecule has 0 aromatic heterocycles. The lowest BCUT2D eigenvalue weighted by Crippen LogP contribution is -2.08. The molecule has 1 heteroatoms. The Balaban J connectivity index is 1.80. The van der Waals surface area contributed by atoms with Crippen molar-refractivity contribution in [2.75, 3.05) is 19.0 Å². The summed E-state index contributed by atoms with van der Waals surface area (Å²) in [5.74, 6) is 0. The maximum atomic E-state index is 3.91. The maximum absolute atomic E-state index is 3.91. The fraction of sp³-hybridized carbons (Fsp3) is 0.731. The van der Waals surface area contributed by atoms with Crippen LogP contribution in [0.25, 0.3) is 0 Å². The van der Waals surface area contributed by atoms with Crippen LogP contribution in [0.2, 0.25) is 0 Å². The lowest BCUT2D eigenvalue weighted by Gasteiger charge is -2.12. The molecule has 0 atom stereocenters. The van der Waals surface area contributed by atoms with E-state index in [2.05, 4.69) is 50.2 Å². The van der Waals surface area contributed by atoms with Crippen LogP contribution in [0.5, 0.6) is 0 Å². The van der Waals surface area contributed by atoms with Crippen LogP contribution in [0.4, 0.5) is 5.69 Å². The maximum Gasteiger partial charge on any atom is 0.0361 e. The highest BCUT2D eigenvalue weighted by Crippen LogP contribution is 2.16. The Labute approximate surface area is 170 Å². The highest BCUT2D eigenvalue weighted by molar-refractivity contribution is 5.45. The van der Waals surface area contributed by atoms with Crippen molar-refractivity contribution in [1.29, 1.82) is 0 Å². The zero-order valence-corrected chi connectivity index (χ0v) is 18.5. The second-order valence-electron chi connectivity index (χ2n) is 8.47. The molecule has 1 aromatic carbocycles. The highest BCUT2D eigenvalue weighted by Gasteiger charge is 1.98. The molecule has 0 saturated heterocycles. The molecule has 1 aromatic rings. The number of hydrogen-bond donors (Lipinski definition) is 0. The normalized spacial score (nSPS) is 11.1. The highest BCUT2D eigenvalue weighted by atomic mass is 15.1. The van der Waals surface area contributed by atoms with E-state index in [4.69, 9.17) is 0 Å². The van der Waals surface area contributed by atoms with E-state index in [9.17, 15) is 0 Å². The zero-order chi connectivity index (χ0) is 19.6. The molecule has 1 nitrogen and oxygen atoms in total. The van der Waals surface area contributed by atoms with Gasteiger partial charge in [-0.25, -0.2) is 0 Å². The van der Waals surface area contributed by atoms with Crippen LogP contribution in [-0.2, 0) is 6.42 Å². The van der Waals surface area contributed by atoms with Gasteiger partial charge in [0.2, 0.25) is 0 Å². The van der Waals surface area contributed by atoms with Crippen LogP contribution in [0.15, 0.2) is 24.3 Å². The van der Waals surface area contributed by atoms with Gasteiger partial charge in [0.25, 0.3) is 0 Å². The molecule has 0 fully saturated rings. The Kier molecular flexibility index (Phi) is 15.3. The molecule has 0 N–H and O–H groups in total. The van der Waals surface area contributed by atoms with E-state index < -0.39 is 0 Å². The molecule has 1 rings (SSSR count). The van der Waals surface area contributed by atoms with Crippen molar-refractivity contribution in [3.63, 3.8) is 0 Å². The third-order valence-electron chi connectivity index (χ3n) is 5.67. The largest absolute Gasteiger partial charge is 0.378 e. The Morgan fingerprint density at radius 3 is 1.30 bits per heavy atom. The lowest BCUT2D eigenvalue weighted by atomic mass is 10.0. The fourth-order valence-corrected chi connectivity index (χ4v) is 3.76. The summed E-state index contributed by atoms with van der Waals surface area (Å²) < 4.78 is 0. The van der Waals surface area contributed by atoms with Crippen LogP contribution < -0.4 is 4.90 Å². The van der Waals surface area contributed by atoms with Gasteiger partial charge < -0.3 is 4.90 Å². The minimum absolute atomic E-state index is 1.12. The van der Waals surface area contributed by atoms with Crippen molar-refractivity contribution in [2.45, 2.75) is 109 Å². The van der Waals surface area contributed by atoms with E-state index in [1.807, 2.05) is 0 Å². The average molecular weight is 373 g/mol. The standard InChI is InChI=1S/C26H46N/c1-4-5-6-7-8-9-10-11-12-13-14-15-16-17-18-19-20-25-21-23-26(24-22-25)27(2)3/h21-24H,1,4-20H2,2-3H3. The Morgan fingerprint density at radius 1 is 0.556 bits per heavy atom. The van der Waals surface area contributed by atoms with Gasteiger partial charge in [-0.2, -0.15) is 0 Å². The summed E-state index contributed by atoms with van der Waals surface area (Å²) in [5, 5.41) is 0.